The van der Waals surface area contributed by atoms with E-state index in [2.05, 4.69) is 0 Å². The quantitative estimate of drug-likeness (QED) is 0.255. The van der Waals surface area contributed by atoms with Crippen molar-refractivity contribution in [1.82, 2.24) is 0 Å². The van der Waals surface area contributed by atoms with Crippen molar-refractivity contribution < 1.29 is 19.2 Å². The standard InChI is InChI=1S/C30H22Cl2N2O4/c31-21-15-22(32)17-24(16-21)33-29(35)26-27(34(38-28(26)30(33)36)23-9-5-2-6-10-23)20-11-13-25(14-12-20)37-18-19-7-3-1-4-8-19/h1-17,26-28H,18H2/t26-,27-,28-/m1/s1. The van der Waals surface area contributed by atoms with Gasteiger partial charge in [0, 0.05) is 10.0 Å². The Bertz CT molecular complexity index is 1460. The van der Waals surface area contributed by atoms with Crippen molar-refractivity contribution >= 4 is 46.4 Å². The van der Waals surface area contributed by atoms with Crippen LogP contribution >= 0.6 is 23.2 Å². The van der Waals surface area contributed by atoms with Gasteiger partial charge in [0.05, 0.1) is 17.4 Å². The Morgan fingerprint density at radius 1 is 0.737 bits per heavy atom. The van der Waals surface area contributed by atoms with Gasteiger partial charge in [0.15, 0.2) is 6.10 Å². The highest BCUT2D eigenvalue weighted by Gasteiger charge is 2.60. The minimum absolute atomic E-state index is 0.324. The zero-order valence-corrected chi connectivity index (χ0v) is 21.5. The minimum atomic E-state index is -0.987. The zero-order chi connectivity index (χ0) is 26.2. The molecular weight excluding hydrogens is 523 g/mol. The van der Waals surface area contributed by atoms with Crippen LogP contribution in [0.25, 0.3) is 0 Å². The van der Waals surface area contributed by atoms with Crippen LogP contribution in [0, 0.1) is 5.92 Å². The fourth-order valence-electron chi connectivity index (χ4n) is 4.98. The van der Waals surface area contributed by atoms with Crippen LogP contribution in [0.2, 0.25) is 10.0 Å². The largest absolute Gasteiger partial charge is 0.489 e. The molecule has 2 aliphatic rings. The Morgan fingerprint density at radius 3 is 2.03 bits per heavy atom. The number of hydrogen-bond donors (Lipinski definition) is 0. The number of amides is 2. The van der Waals surface area contributed by atoms with E-state index in [1.807, 2.05) is 84.9 Å². The van der Waals surface area contributed by atoms with E-state index in [-0.39, 0.29) is 5.91 Å². The highest BCUT2D eigenvalue weighted by molar-refractivity contribution is 6.35. The van der Waals surface area contributed by atoms with Gasteiger partial charge < -0.3 is 4.74 Å². The lowest BCUT2D eigenvalue weighted by Gasteiger charge is -2.29. The van der Waals surface area contributed by atoms with Gasteiger partial charge in [0.1, 0.15) is 18.3 Å². The van der Waals surface area contributed by atoms with E-state index in [1.165, 1.54) is 0 Å². The maximum Gasteiger partial charge on any atom is 0.266 e. The number of imide groups is 1. The molecule has 2 heterocycles. The van der Waals surface area contributed by atoms with Gasteiger partial charge in [0.25, 0.3) is 5.91 Å². The summed E-state index contributed by atoms with van der Waals surface area (Å²) in [6, 6.07) is 31.0. The lowest BCUT2D eigenvalue weighted by molar-refractivity contribution is -0.126. The van der Waals surface area contributed by atoms with Crippen LogP contribution in [-0.4, -0.2) is 17.9 Å². The van der Waals surface area contributed by atoms with Gasteiger partial charge in [-0.1, -0.05) is 83.9 Å². The molecule has 2 fully saturated rings. The molecule has 2 amide bonds. The fraction of sp³-hybridized carbons (Fsp3) is 0.133. The molecule has 3 atom stereocenters. The second kappa shape index (κ2) is 10.1. The molecule has 0 saturated carbocycles. The van der Waals surface area contributed by atoms with Crippen LogP contribution in [0.3, 0.4) is 0 Å². The lowest BCUT2D eigenvalue weighted by Crippen LogP contribution is -2.37. The molecule has 190 valence electrons. The average Bonchev–Trinajstić information content (AvgIpc) is 3.44. The smallest absolute Gasteiger partial charge is 0.266 e. The molecule has 2 saturated heterocycles. The maximum atomic E-state index is 13.8. The number of fused-ring (bicyclic) bond motifs is 1. The lowest BCUT2D eigenvalue weighted by atomic mass is 9.90. The first-order valence-electron chi connectivity index (χ1n) is 12.1. The molecule has 8 heteroatoms. The van der Waals surface area contributed by atoms with Crippen molar-refractivity contribution in [2.24, 2.45) is 5.92 Å². The summed E-state index contributed by atoms with van der Waals surface area (Å²) >= 11 is 12.3. The molecule has 4 aromatic carbocycles. The summed E-state index contributed by atoms with van der Waals surface area (Å²) < 4.78 is 5.94. The molecule has 38 heavy (non-hydrogen) atoms. The topological polar surface area (TPSA) is 59.1 Å². The van der Waals surface area contributed by atoms with Gasteiger partial charge in [-0.25, -0.2) is 9.96 Å². The molecule has 0 spiro atoms. The van der Waals surface area contributed by atoms with E-state index in [4.69, 9.17) is 32.8 Å². The Morgan fingerprint density at radius 2 is 1.37 bits per heavy atom. The highest BCUT2D eigenvalue weighted by atomic mass is 35.5. The number of halogens is 2. The molecule has 6 nitrogen and oxygen atoms in total. The molecule has 0 unspecified atom stereocenters. The van der Waals surface area contributed by atoms with Gasteiger partial charge in [-0.2, -0.15) is 0 Å². The summed E-state index contributed by atoms with van der Waals surface area (Å²) in [5, 5.41) is 2.33. The maximum absolute atomic E-state index is 13.8. The summed E-state index contributed by atoms with van der Waals surface area (Å²) in [4.78, 5) is 34.6. The third kappa shape index (κ3) is 4.52. The Labute approximate surface area is 229 Å². The average molecular weight is 545 g/mol. The van der Waals surface area contributed by atoms with Crippen molar-refractivity contribution in [1.29, 1.82) is 0 Å². The molecule has 2 aliphatic heterocycles. The van der Waals surface area contributed by atoms with Crippen molar-refractivity contribution in [3.63, 3.8) is 0 Å². The second-order valence-corrected chi connectivity index (χ2v) is 10.0. The predicted molar refractivity (Wildman–Crippen MR) is 146 cm³/mol. The molecule has 0 aliphatic carbocycles. The van der Waals surface area contributed by atoms with Crippen LogP contribution in [0.5, 0.6) is 5.75 Å². The highest BCUT2D eigenvalue weighted by Crippen LogP contribution is 2.48. The first-order valence-corrected chi connectivity index (χ1v) is 12.9. The van der Waals surface area contributed by atoms with Gasteiger partial charge in [-0.3, -0.25) is 14.4 Å². The van der Waals surface area contributed by atoms with Gasteiger partial charge >= 0.3 is 0 Å². The number of anilines is 2. The Kier molecular flexibility index (Phi) is 6.54. The zero-order valence-electron chi connectivity index (χ0n) is 20.0. The molecule has 0 aromatic heterocycles. The summed E-state index contributed by atoms with van der Waals surface area (Å²) in [5.74, 6) is -0.893. The van der Waals surface area contributed by atoms with Gasteiger partial charge in [-0.15, -0.1) is 0 Å². The summed E-state index contributed by atoms with van der Waals surface area (Å²) in [5.41, 5.74) is 2.95. The monoisotopic (exact) mass is 544 g/mol. The molecule has 6 rings (SSSR count). The van der Waals surface area contributed by atoms with Crippen molar-refractivity contribution in [3.8, 4) is 5.75 Å². The fourth-order valence-corrected chi connectivity index (χ4v) is 5.49. The number of hydrogen-bond acceptors (Lipinski definition) is 5. The van der Waals surface area contributed by atoms with E-state index in [1.54, 1.807) is 23.3 Å². The third-order valence-electron chi connectivity index (χ3n) is 6.70. The number of para-hydroxylation sites is 1. The van der Waals surface area contributed by atoms with Crippen LogP contribution in [0.1, 0.15) is 17.2 Å². The number of ether oxygens (including phenoxy) is 1. The van der Waals surface area contributed by atoms with Crippen molar-refractivity contribution in [2.45, 2.75) is 18.8 Å². The molecule has 0 bridgehead atoms. The predicted octanol–water partition coefficient (Wildman–Crippen LogP) is 6.62. The normalized spacial score (nSPS) is 20.6. The number of carbonyl (C=O) groups is 2. The van der Waals surface area contributed by atoms with Crippen LogP contribution in [0.4, 0.5) is 11.4 Å². The van der Waals surface area contributed by atoms with E-state index in [0.717, 1.165) is 21.7 Å². The van der Waals surface area contributed by atoms with E-state index in [0.29, 0.717) is 28.1 Å². The van der Waals surface area contributed by atoms with Crippen LogP contribution in [0.15, 0.2) is 103 Å². The number of benzene rings is 4. The van der Waals surface area contributed by atoms with Crippen molar-refractivity contribution in [2.75, 3.05) is 9.96 Å². The first-order chi connectivity index (χ1) is 18.5. The van der Waals surface area contributed by atoms with E-state index >= 15 is 0 Å². The molecule has 4 aromatic rings. The van der Waals surface area contributed by atoms with Gasteiger partial charge in [0.2, 0.25) is 5.91 Å². The SMILES string of the molecule is O=C1[C@@H]2[C@@H](c3ccc(OCc4ccccc4)cc3)N(c3ccccc3)O[C@H]2C(=O)N1c1cc(Cl)cc(Cl)c1. The van der Waals surface area contributed by atoms with Gasteiger partial charge in [-0.05, 0) is 53.6 Å². The second-order valence-electron chi connectivity index (χ2n) is 9.14. The molecular formula is C30H22Cl2N2O4. The number of hydroxylamine groups is 1. The number of nitrogens with zero attached hydrogens (tertiary/aromatic N) is 2. The molecule has 0 N–H and O–H groups in total. The summed E-state index contributed by atoms with van der Waals surface area (Å²) in [6.07, 6.45) is -0.987. The van der Waals surface area contributed by atoms with Crippen molar-refractivity contribution in [3.05, 3.63) is 124 Å². The Balaban J connectivity index is 1.32. The summed E-state index contributed by atoms with van der Waals surface area (Å²) in [6.45, 7) is 0.442. The minimum Gasteiger partial charge on any atom is -0.489 e. The van der Waals surface area contributed by atoms with Crippen LogP contribution < -0.4 is 14.7 Å². The number of rotatable bonds is 6. The third-order valence-corrected chi connectivity index (χ3v) is 7.14. The van der Waals surface area contributed by atoms with E-state index < -0.39 is 24.0 Å². The summed E-state index contributed by atoms with van der Waals surface area (Å²) in [7, 11) is 0. The van der Waals surface area contributed by atoms with Crippen LogP contribution in [-0.2, 0) is 21.0 Å². The molecule has 0 radical (unpaired) electrons. The number of carbonyl (C=O) groups excluding carboxylic acids is 2. The van der Waals surface area contributed by atoms with E-state index in [9.17, 15) is 9.59 Å². The first kappa shape index (κ1) is 24.5. The Hall–Kier alpha value is -3.84.